The number of carbonyl (C=O) groups excluding carboxylic acids is 2. The number of rotatable bonds is 5. The third kappa shape index (κ3) is 3.98. The van der Waals surface area contributed by atoms with E-state index in [0.717, 1.165) is 5.56 Å². The number of nitrogens with zero attached hydrogens (tertiary/aromatic N) is 1. The summed E-state index contributed by atoms with van der Waals surface area (Å²) in [6.45, 7) is 1.94. The summed E-state index contributed by atoms with van der Waals surface area (Å²) in [7, 11) is 4.53. The third-order valence-corrected chi connectivity index (χ3v) is 2.84. The molecule has 19 heavy (non-hydrogen) atoms. The van der Waals surface area contributed by atoms with Gasteiger partial charge in [-0.3, -0.25) is 9.59 Å². The van der Waals surface area contributed by atoms with E-state index in [9.17, 15) is 9.59 Å². The van der Waals surface area contributed by atoms with Crippen LogP contribution in [-0.2, 0) is 14.3 Å². The van der Waals surface area contributed by atoms with Crippen LogP contribution in [0.4, 0.5) is 5.69 Å². The Balaban J connectivity index is 2.81. The van der Waals surface area contributed by atoms with E-state index in [1.807, 2.05) is 25.1 Å². The number of hydrogen-bond acceptors (Lipinski definition) is 4. The number of aryl methyl sites for hydroxylation is 1. The Morgan fingerprint density at radius 3 is 2.47 bits per heavy atom. The maximum atomic E-state index is 12.0. The van der Waals surface area contributed by atoms with Crippen LogP contribution < -0.4 is 9.64 Å². The van der Waals surface area contributed by atoms with E-state index in [4.69, 9.17) is 4.74 Å². The summed E-state index contributed by atoms with van der Waals surface area (Å²) in [6.07, 6.45) is 0.189. The first kappa shape index (κ1) is 15.0. The standard InChI is InChI=1S/C14H19NO4/c1-10-5-6-12(18-3)11(9-10)15(2)13(16)7-8-14(17)19-4/h5-6,9H,7-8H2,1-4H3. The van der Waals surface area contributed by atoms with Crippen molar-refractivity contribution in [1.29, 1.82) is 0 Å². The molecule has 0 aliphatic rings. The second-order valence-electron chi connectivity index (χ2n) is 4.20. The highest BCUT2D eigenvalue weighted by Gasteiger charge is 2.16. The first-order valence-corrected chi connectivity index (χ1v) is 5.97. The molecule has 0 atom stereocenters. The van der Waals surface area contributed by atoms with Gasteiger partial charge in [-0.05, 0) is 24.6 Å². The van der Waals surface area contributed by atoms with Crippen LogP contribution in [0.1, 0.15) is 18.4 Å². The molecule has 5 heteroatoms. The molecule has 0 aliphatic heterocycles. The van der Waals surface area contributed by atoms with Crippen molar-refractivity contribution in [3.8, 4) is 5.75 Å². The summed E-state index contributed by atoms with van der Waals surface area (Å²) in [5.74, 6) is 0.0757. The highest BCUT2D eigenvalue weighted by atomic mass is 16.5. The third-order valence-electron chi connectivity index (χ3n) is 2.84. The van der Waals surface area contributed by atoms with Gasteiger partial charge >= 0.3 is 5.97 Å². The largest absolute Gasteiger partial charge is 0.495 e. The molecule has 0 aliphatic carbocycles. The summed E-state index contributed by atoms with van der Waals surface area (Å²) in [6, 6.07) is 5.60. The predicted molar refractivity (Wildman–Crippen MR) is 72.4 cm³/mol. The van der Waals surface area contributed by atoms with Crippen LogP contribution in [0.3, 0.4) is 0 Å². The molecular formula is C14H19NO4. The Labute approximate surface area is 113 Å². The van der Waals surface area contributed by atoms with Gasteiger partial charge in [0.05, 0.1) is 26.3 Å². The molecule has 0 heterocycles. The van der Waals surface area contributed by atoms with Gasteiger partial charge in [-0.2, -0.15) is 0 Å². The van der Waals surface area contributed by atoms with Gasteiger partial charge in [-0.1, -0.05) is 6.07 Å². The number of esters is 1. The predicted octanol–water partition coefficient (Wildman–Crippen LogP) is 1.92. The number of anilines is 1. The summed E-state index contributed by atoms with van der Waals surface area (Å²) in [5, 5.41) is 0. The smallest absolute Gasteiger partial charge is 0.306 e. The number of benzene rings is 1. The van der Waals surface area contributed by atoms with Gasteiger partial charge in [-0.25, -0.2) is 0 Å². The Hall–Kier alpha value is -2.04. The van der Waals surface area contributed by atoms with E-state index in [1.54, 1.807) is 14.2 Å². The zero-order valence-electron chi connectivity index (χ0n) is 11.7. The molecule has 0 saturated heterocycles. The highest BCUT2D eigenvalue weighted by Crippen LogP contribution is 2.28. The topological polar surface area (TPSA) is 55.8 Å². The highest BCUT2D eigenvalue weighted by molar-refractivity contribution is 5.95. The van der Waals surface area contributed by atoms with E-state index in [0.29, 0.717) is 11.4 Å². The lowest BCUT2D eigenvalue weighted by Crippen LogP contribution is -2.27. The van der Waals surface area contributed by atoms with Crippen molar-refractivity contribution in [1.82, 2.24) is 0 Å². The number of methoxy groups -OCH3 is 2. The number of ether oxygens (including phenoxy) is 2. The van der Waals surface area contributed by atoms with Crippen molar-refractivity contribution in [2.75, 3.05) is 26.2 Å². The molecule has 0 radical (unpaired) electrons. The zero-order valence-corrected chi connectivity index (χ0v) is 11.7. The lowest BCUT2D eigenvalue weighted by Gasteiger charge is -2.20. The first-order chi connectivity index (χ1) is 8.99. The SMILES string of the molecule is COC(=O)CCC(=O)N(C)c1cc(C)ccc1OC. The van der Waals surface area contributed by atoms with E-state index in [2.05, 4.69) is 4.74 Å². The van der Waals surface area contributed by atoms with Crippen molar-refractivity contribution >= 4 is 17.6 Å². The van der Waals surface area contributed by atoms with Crippen LogP contribution in [0, 0.1) is 6.92 Å². The quantitative estimate of drug-likeness (QED) is 0.763. The molecule has 1 aromatic rings. The van der Waals surface area contributed by atoms with Crippen LogP contribution in [0.15, 0.2) is 18.2 Å². The van der Waals surface area contributed by atoms with E-state index in [-0.39, 0.29) is 18.7 Å². The fourth-order valence-corrected chi connectivity index (χ4v) is 1.68. The molecule has 104 valence electrons. The number of amides is 1. The van der Waals surface area contributed by atoms with Gasteiger partial charge in [0.1, 0.15) is 5.75 Å². The van der Waals surface area contributed by atoms with Gasteiger partial charge in [-0.15, -0.1) is 0 Å². The molecule has 0 bridgehead atoms. The fourth-order valence-electron chi connectivity index (χ4n) is 1.68. The van der Waals surface area contributed by atoms with E-state index < -0.39 is 5.97 Å². The summed E-state index contributed by atoms with van der Waals surface area (Å²) >= 11 is 0. The number of carbonyl (C=O) groups is 2. The Bertz CT molecular complexity index is 471. The summed E-state index contributed by atoms with van der Waals surface area (Å²) < 4.78 is 9.75. The summed E-state index contributed by atoms with van der Waals surface area (Å²) in [5.41, 5.74) is 1.72. The molecular weight excluding hydrogens is 246 g/mol. The van der Waals surface area contributed by atoms with E-state index in [1.165, 1.54) is 12.0 Å². The minimum absolute atomic E-state index is 0.0772. The molecule has 0 spiro atoms. The van der Waals surface area contributed by atoms with Gasteiger partial charge in [0, 0.05) is 13.5 Å². The van der Waals surface area contributed by atoms with Crippen LogP contribution >= 0.6 is 0 Å². The molecule has 1 amide bonds. The second kappa shape index (κ2) is 6.78. The molecule has 0 N–H and O–H groups in total. The Kier molecular flexibility index (Phi) is 5.36. The van der Waals surface area contributed by atoms with Crippen molar-refractivity contribution in [3.05, 3.63) is 23.8 Å². The second-order valence-corrected chi connectivity index (χ2v) is 4.20. The molecule has 5 nitrogen and oxygen atoms in total. The monoisotopic (exact) mass is 265 g/mol. The molecule has 1 rings (SSSR count). The van der Waals surface area contributed by atoms with Crippen molar-refractivity contribution < 1.29 is 19.1 Å². The minimum atomic E-state index is -0.391. The Morgan fingerprint density at radius 1 is 1.21 bits per heavy atom. The number of hydrogen-bond donors (Lipinski definition) is 0. The molecule has 0 saturated carbocycles. The minimum Gasteiger partial charge on any atom is -0.495 e. The first-order valence-electron chi connectivity index (χ1n) is 5.97. The molecule has 0 aromatic heterocycles. The average Bonchev–Trinajstić information content (AvgIpc) is 2.43. The average molecular weight is 265 g/mol. The maximum Gasteiger partial charge on any atom is 0.306 e. The molecule has 0 unspecified atom stereocenters. The van der Waals surface area contributed by atoms with Crippen molar-refractivity contribution in [2.45, 2.75) is 19.8 Å². The lowest BCUT2D eigenvalue weighted by atomic mass is 10.2. The normalized spacial score (nSPS) is 9.89. The van der Waals surface area contributed by atoms with Crippen molar-refractivity contribution in [2.24, 2.45) is 0 Å². The van der Waals surface area contributed by atoms with Gasteiger partial charge in [0.2, 0.25) is 5.91 Å². The Morgan fingerprint density at radius 2 is 1.89 bits per heavy atom. The van der Waals surface area contributed by atoms with Crippen molar-refractivity contribution in [3.63, 3.8) is 0 Å². The zero-order chi connectivity index (χ0) is 14.4. The summed E-state index contributed by atoms with van der Waals surface area (Å²) in [4.78, 5) is 24.5. The van der Waals surface area contributed by atoms with Gasteiger partial charge in [0.25, 0.3) is 0 Å². The van der Waals surface area contributed by atoms with Crippen LogP contribution in [0.5, 0.6) is 5.75 Å². The van der Waals surface area contributed by atoms with E-state index >= 15 is 0 Å². The van der Waals surface area contributed by atoms with Gasteiger partial charge < -0.3 is 14.4 Å². The fraction of sp³-hybridized carbons (Fsp3) is 0.429. The lowest BCUT2D eigenvalue weighted by molar-refractivity contribution is -0.141. The maximum absolute atomic E-state index is 12.0. The molecule has 1 aromatic carbocycles. The van der Waals surface area contributed by atoms with Crippen LogP contribution in [-0.4, -0.2) is 33.1 Å². The van der Waals surface area contributed by atoms with Crippen LogP contribution in [0.25, 0.3) is 0 Å². The van der Waals surface area contributed by atoms with Crippen LogP contribution in [0.2, 0.25) is 0 Å². The van der Waals surface area contributed by atoms with Gasteiger partial charge in [0.15, 0.2) is 0 Å². The molecule has 0 fully saturated rings.